The van der Waals surface area contributed by atoms with E-state index in [1.807, 2.05) is 7.05 Å². The molecule has 0 aliphatic heterocycles. The summed E-state index contributed by atoms with van der Waals surface area (Å²) in [6, 6.07) is 4.32. The molecule has 5 heteroatoms. The molecule has 1 fully saturated rings. The first kappa shape index (κ1) is 14.9. The summed E-state index contributed by atoms with van der Waals surface area (Å²) in [6.07, 6.45) is 6.54. The summed E-state index contributed by atoms with van der Waals surface area (Å²) in [4.78, 5) is 10.3. The van der Waals surface area contributed by atoms with Crippen molar-refractivity contribution in [3.63, 3.8) is 0 Å². The molecule has 1 aromatic rings. The first-order chi connectivity index (χ1) is 9.60. The van der Waals surface area contributed by atoms with Gasteiger partial charge < -0.3 is 5.32 Å². The summed E-state index contributed by atoms with van der Waals surface area (Å²) in [6.45, 7) is 0. The second kappa shape index (κ2) is 6.79. The number of nitro benzene ring substituents is 1. The molecule has 2 rings (SSSR count). The largest absolute Gasteiger partial charge is 0.317 e. The third kappa shape index (κ3) is 3.76. The molecule has 0 saturated heterocycles. The van der Waals surface area contributed by atoms with Crippen molar-refractivity contribution in [3.8, 4) is 0 Å². The number of nitrogens with one attached hydrogen (secondary N) is 1. The number of nitrogens with zero attached hydrogens (tertiary/aromatic N) is 1. The lowest BCUT2D eigenvalue weighted by atomic mass is 9.88. The molecular formula is C15H21FN2O2. The smallest absolute Gasteiger partial charge is 0.272 e. The lowest BCUT2D eigenvalue weighted by Gasteiger charge is -2.24. The van der Waals surface area contributed by atoms with E-state index in [9.17, 15) is 14.5 Å². The van der Waals surface area contributed by atoms with Gasteiger partial charge >= 0.3 is 0 Å². The maximum absolute atomic E-state index is 13.5. The van der Waals surface area contributed by atoms with Crippen LogP contribution in [0.15, 0.2) is 18.2 Å². The first-order valence-corrected chi connectivity index (χ1v) is 7.21. The summed E-state index contributed by atoms with van der Waals surface area (Å²) in [5, 5.41) is 14.1. The zero-order valence-corrected chi connectivity index (χ0v) is 11.8. The summed E-state index contributed by atoms with van der Waals surface area (Å²) < 4.78 is 13.5. The molecule has 0 spiro atoms. The zero-order valence-electron chi connectivity index (χ0n) is 11.8. The zero-order chi connectivity index (χ0) is 14.5. The number of hydrogen-bond acceptors (Lipinski definition) is 3. The lowest BCUT2D eigenvalue weighted by Crippen LogP contribution is -2.33. The van der Waals surface area contributed by atoms with Crippen molar-refractivity contribution in [1.29, 1.82) is 0 Å². The van der Waals surface area contributed by atoms with Gasteiger partial charge in [-0.15, -0.1) is 0 Å². The Morgan fingerprint density at radius 2 is 2.05 bits per heavy atom. The number of nitro groups is 1. The number of non-ortho nitro benzene ring substituents is 1. The molecule has 4 nitrogen and oxygen atoms in total. The van der Waals surface area contributed by atoms with Crippen LogP contribution < -0.4 is 5.32 Å². The van der Waals surface area contributed by atoms with Gasteiger partial charge in [0.1, 0.15) is 5.82 Å². The third-order valence-electron chi connectivity index (χ3n) is 4.18. The van der Waals surface area contributed by atoms with Gasteiger partial charge in [0.25, 0.3) is 5.69 Å². The molecule has 2 unspecified atom stereocenters. The van der Waals surface area contributed by atoms with Crippen LogP contribution in [0.1, 0.15) is 37.7 Å². The second-order valence-corrected chi connectivity index (χ2v) is 5.57. The molecule has 1 aromatic carbocycles. The minimum atomic E-state index is -0.533. The summed E-state index contributed by atoms with van der Waals surface area (Å²) in [7, 11) is 1.96. The van der Waals surface area contributed by atoms with E-state index in [0.29, 0.717) is 18.4 Å². The monoisotopic (exact) mass is 280 g/mol. The topological polar surface area (TPSA) is 55.2 Å². The normalized spacial score (nSPS) is 23.3. The predicted molar refractivity (Wildman–Crippen MR) is 76.2 cm³/mol. The minimum absolute atomic E-state index is 0.158. The van der Waals surface area contributed by atoms with Gasteiger partial charge in [0, 0.05) is 12.1 Å². The van der Waals surface area contributed by atoms with Gasteiger partial charge in [-0.05, 0) is 43.9 Å². The molecule has 1 aliphatic rings. The standard InChI is InChI=1S/C15H21FN2O2/c1-17-15-6-4-2-3-5-12(15)7-11-8-13(16)10-14(9-11)18(19)20/h8-10,12,15,17H,2-7H2,1H3. The highest BCUT2D eigenvalue weighted by atomic mass is 19.1. The Labute approximate surface area is 118 Å². The summed E-state index contributed by atoms with van der Waals surface area (Å²) in [5.74, 6) is -0.104. The van der Waals surface area contributed by atoms with Crippen molar-refractivity contribution in [1.82, 2.24) is 5.32 Å². The van der Waals surface area contributed by atoms with Crippen LogP contribution in [0.4, 0.5) is 10.1 Å². The van der Waals surface area contributed by atoms with Crippen LogP contribution in [0.25, 0.3) is 0 Å². The maximum Gasteiger partial charge on any atom is 0.272 e. The van der Waals surface area contributed by atoms with Crippen molar-refractivity contribution in [2.45, 2.75) is 44.6 Å². The average Bonchev–Trinajstić information content (AvgIpc) is 2.63. The van der Waals surface area contributed by atoms with Crippen molar-refractivity contribution < 1.29 is 9.31 Å². The lowest BCUT2D eigenvalue weighted by molar-refractivity contribution is -0.385. The Balaban J connectivity index is 2.16. The van der Waals surface area contributed by atoms with E-state index in [1.165, 1.54) is 31.4 Å². The molecule has 20 heavy (non-hydrogen) atoms. The van der Waals surface area contributed by atoms with Crippen LogP contribution in [0, 0.1) is 21.8 Å². The van der Waals surface area contributed by atoms with Gasteiger partial charge in [-0.2, -0.15) is 0 Å². The van der Waals surface area contributed by atoms with E-state index in [2.05, 4.69) is 5.32 Å². The number of halogens is 1. The summed E-state index contributed by atoms with van der Waals surface area (Å²) >= 11 is 0. The van der Waals surface area contributed by atoms with Gasteiger partial charge in [-0.3, -0.25) is 10.1 Å². The number of hydrogen-bond donors (Lipinski definition) is 1. The van der Waals surface area contributed by atoms with E-state index in [-0.39, 0.29) is 5.69 Å². The molecule has 0 aromatic heterocycles. The molecule has 0 heterocycles. The third-order valence-corrected chi connectivity index (χ3v) is 4.18. The molecule has 0 amide bonds. The molecule has 1 N–H and O–H groups in total. The Bertz CT molecular complexity index is 479. The molecule has 1 aliphatic carbocycles. The van der Waals surface area contributed by atoms with Crippen LogP contribution in [-0.4, -0.2) is 18.0 Å². The molecule has 110 valence electrons. The quantitative estimate of drug-likeness (QED) is 0.522. The van der Waals surface area contributed by atoms with E-state index in [0.717, 1.165) is 24.5 Å². The average molecular weight is 280 g/mol. The van der Waals surface area contributed by atoms with Crippen LogP contribution >= 0.6 is 0 Å². The highest BCUT2D eigenvalue weighted by Gasteiger charge is 2.23. The Morgan fingerprint density at radius 3 is 2.75 bits per heavy atom. The fraction of sp³-hybridized carbons (Fsp3) is 0.600. The van der Waals surface area contributed by atoms with E-state index in [4.69, 9.17) is 0 Å². The Kier molecular flexibility index (Phi) is 5.06. The van der Waals surface area contributed by atoms with E-state index < -0.39 is 10.7 Å². The van der Waals surface area contributed by atoms with Crippen molar-refractivity contribution in [2.75, 3.05) is 7.05 Å². The molecule has 1 saturated carbocycles. The number of rotatable bonds is 4. The van der Waals surface area contributed by atoms with Crippen LogP contribution in [-0.2, 0) is 6.42 Å². The highest BCUT2D eigenvalue weighted by molar-refractivity contribution is 5.35. The molecule has 0 bridgehead atoms. The Morgan fingerprint density at radius 1 is 1.30 bits per heavy atom. The second-order valence-electron chi connectivity index (χ2n) is 5.57. The molecular weight excluding hydrogens is 259 g/mol. The van der Waals surface area contributed by atoms with Crippen molar-refractivity contribution >= 4 is 5.69 Å². The highest BCUT2D eigenvalue weighted by Crippen LogP contribution is 2.28. The van der Waals surface area contributed by atoms with Crippen LogP contribution in [0.2, 0.25) is 0 Å². The number of benzene rings is 1. The van der Waals surface area contributed by atoms with Crippen LogP contribution in [0.3, 0.4) is 0 Å². The maximum atomic E-state index is 13.5. The van der Waals surface area contributed by atoms with Gasteiger partial charge in [-0.25, -0.2) is 4.39 Å². The van der Waals surface area contributed by atoms with Gasteiger partial charge in [0.15, 0.2) is 0 Å². The Hall–Kier alpha value is -1.49. The van der Waals surface area contributed by atoms with Gasteiger partial charge in [0.2, 0.25) is 0 Å². The fourth-order valence-electron chi connectivity index (χ4n) is 3.17. The van der Waals surface area contributed by atoms with Crippen molar-refractivity contribution in [2.24, 2.45) is 5.92 Å². The molecule has 0 radical (unpaired) electrons. The summed E-state index contributed by atoms with van der Waals surface area (Å²) in [5.41, 5.74) is 0.568. The SMILES string of the molecule is CNC1CCCCCC1Cc1cc(F)cc([N+](=O)[O-])c1. The minimum Gasteiger partial charge on any atom is -0.317 e. The first-order valence-electron chi connectivity index (χ1n) is 7.21. The van der Waals surface area contributed by atoms with Crippen molar-refractivity contribution in [3.05, 3.63) is 39.7 Å². The predicted octanol–water partition coefficient (Wildman–Crippen LogP) is 3.44. The van der Waals surface area contributed by atoms with Gasteiger partial charge in [-0.1, -0.05) is 19.3 Å². The van der Waals surface area contributed by atoms with E-state index in [1.54, 1.807) is 0 Å². The molecule has 2 atom stereocenters. The fourth-order valence-corrected chi connectivity index (χ4v) is 3.17. The van der Waals surface area contributed by atoms with Gasteiger partial charge in [0.05, 0.1) is 11.0 Å². The van der Waals surface area contributed by atoms with Crippen LogP contribution in [0.5, 0.6) is 0 Å². The van der Waals surface area contributed by atoms with E-state index >= 15 is 0 Å².